The van der Waals surface area contributed by atoms with E-state index in [1.54, 1.807) is 0 Å². The first-order valence-electron chi connectivity index (χ1n) is 3.83. The van der Waals surface area contributed by atoms with Crippen molar-refractivity contribution in [3.8, 4) is 0 Å². The van der Waals surface area contributed by atoms with E-state index in [2.05, 4.69) is 6.92 Å². The minimum atomic E-state index is 0. The van der Waals surface area contributed by atoms with Gasteiger partial charge in [0.1, 0.15) is 5.78 Å². The van der Waals surface area contributed by atoms with Crippen molar-refractivity contribution in [1.82, 2.24) is 0 Å². The molecule has 1 heteroatoms. The van der Waals surface area contributed by atoms with Crippen LogP contribution in [-0.4, -0.2) is 5.78 Å². The van der Waals surface area contributed by atoms with E-state index in [1.807, 2.05) is 6.92 Å². The summed E-state index contributed by atoms with van der Waals surface area (Å²) < 4.78 is 0. The zero-order valence-electron chi connectivity index (χ0n) is 6.44. The topological polar surface area (TPSA) is 17.1 Å². The molecule has 0 aliphatic carbocycles. The molecule has 0 aromatic heterocycles. The molecule has 0 radical (unpaired) electrons. The van der Waals surface area contributed by atoms with Gasteiger partial charge in [-0.1, -0.05) is 27.7 Å². The van der Waals surface area contributed by atoms with Crippen molar-refractivity contribution in [3.05, 3.63) is 0 Å². The third kappa shape index (κ3) is 7.67. The Kier molecular flexibility index (Phi) is 10.7. The van der Waals surface area contributed by atoms with Crippen LogP contribution in [0, 0.1) is 0 Å². The molecule has 0 aliphatic rings. The van der Waals surface area contributed by atoms with Crippen molar-refractivity contribution in [1.29, 1.82) is 0 Å². The van der Waals surface area contributed by atoms with Crippen LogP contribution in [0.25, 0.3) is 0 Å². The average Bonchev–Trinajstić information content (AvgIpc) is 1.85. The van der Waals surface area contributed by atoms with Crippen LogP contribution < -0.4 is 0 Å². The first kappa shape index (κ1) is 12.4. The summed E-state index contributed by atoms with van der Waals surface area (Å²) in [6, 6.07) is 0. The predicted molar refractivity (Wildman–Crippen MR) is 46.2 cm³/mol. The van der Waals surface area contributed by atoms with Crippen LogP contribution in [-0.2, 0) is 4.79 Å². The highest BCUT2D eigenvalue weighted by Gasteiger charge is 1.96. The van der Waals surface area contributed by atoms with Crippen LogP contribution in [0.15, 0.2) is 0 Å². The van der Waals surface area contributed by atoms with Gasteiger partial charge in [0.2, 0.25) is 0 Å². The summed E-state index contributed by atoms with van der Waals surface area (Å²) in [5, 5.41) is 0. The van der Waals surface area contributed by atoms with Gasteiger partial charge in [0.15, 0.2) is 0 Å². The molecular formula is C9H20O. The lowest BCUT2D eigenvalue weighted by atomic mass is 10.1. The van der Waals surface area contributed by atoms with Crippen molar-refractivity contribution in [3.63, 3.8) is 0 Å². The molecule has 0 aliphatic heterocycles. The summed E-state index contributed by atoms with van der Waals surface area (Å²) in [5.74, 6) is 0.430. The number of rotatable bonds is 5. The van der Waals surface area contributed by atoms with Gasteiger partial charge in [-0.05, 0) is 12.8 Å². The zero-order valence-corrected chi connectivity index (χ0v) is 6.44. The molecule has 0 heterocycles. The van der Waals surface area contributed by atoms with Crippen LogP contribution in [0.5, 0.6) is 0 Å². The molecule has 0 aromatic rings. The molecule has 0 fully saturated rings. The minimum absolute atomic E-state index is 0. The van der Waals surface area contributed by atoms with Crippen molar-refractivity contribution < 1.29 is 4.79 Å². The first-order chi connectivity index (χ1) is 4.31. The molecule has 0 spiro atoms. The Balaban J connectivity index is 0. The van der Waals surface area contributed by atoms with Crippen molar-refractivity contribution in [2.24, 2.45) is 0 Å². The Bertz CT molecular complexity index is 76.8. The van der Waals surface area contributed by atoms with Gasteiger partial charge in [-0.2, -0.15) is 0 Å². The van der Waals surface area contributed by atoms with Crippen LogP contribution in [0.1, 0.15) is 53.4 Å². The summed E-state index contributed by atoms with van der Waals surface area (Å²) >= 11 is 0. The van der Waals surface area contributed by atoms with Gasteiger partial charge in [0.25, 0.3) is 0 Å². The molecule has 62 valence electrons. The molecule has 0 rings (SSSR count). The van der Waals surface area contributed by atoms with E-state index in [0.717, 1.165) is 32.1 Å². The maximum absolute atomic E-state index is 10.8. The average molecular weight is 144 g/mol. The molecule has 0 saturated heterocycles. The third-order valence-electron chi connectivity index (χ3n) is 1.34. The summed E-state index contributed by atoms with van der Waals surface area (Å²) in [6.07, 6.45) is 4.78. The number of carbonyl (C=O) groups is 1. The number of hydrogen-bond donors (Lipinski definition) is 0. The van der Waals surface area contributed by atoms with Crippen LogP contribution >= 0.6 is 0 Å². The molecule has 0 unspecified atom stereocenters. The van der Waals surface area contributed by atoms with Crippen LogP contribution in [0.4, 0.5) is 0 Å². The monoisotopic (exact) mass is 144 g/mol. The summed E-state index contributed by atoms with van der Waals surface area (Å²) in [7, 11) is 0. The Labute approximate surface area is 64.8 Å². The van der Waals surface area contributed by atoms with E-state index in [-0.39, 0.29) is 7.43 Å². The molecule has 0 bridgehead atoms. The normalized spacial score (nSPS) is 8.60. The van der Waals surface area contributed by atoms with Crippen molar-refractivity contribution >= 4 is 5.78 Å². The number of hydrogen-bond acceptors (Lipinski definition) is 1. The van der Waals surface area contributed by atoms with Crippen LogP contribution in [0.3, 0.4) is 0 Å². The number of Topliss-reactive ketones (excluding diaryl/α,β-unsaturated/α-hetero) is 1. The van der Waals surface area contributed by atoms with Crippen molar-refractivity contribution in [2.45, 2.75) is 53.4 Å². The van der Waals surface area contributed by atoms with Gasteiger partial charge >= 0.3 is 0 Å². The second-order valence-electron chi connectivity index (χ2n) is 2.39. The highest BCUT2D eigenvalue weighted by Crippen LogP contribution is 1.99. The maximum Gasteiger partial charge on any atom is 0.132 e. The van der Waals surface area contributed by atoms with Gasteiger partial charge in [-0.15, -0.1) is 0 Å². The van der Waals surface area contributed by atoms with E-state index in [1.165, 1.54) is 0 Å². The number of unbranched alkanes of at least 4 members (excludes halogenated alkanes) is 1. The summed E-state index contributed by atoms with van der Waals surface area (Å²) in [4.78, 5) is 10.8. The van der Waals surface area contributed by atoms with E-state index in [4.69, 9.17) is 0 Å². The molecule has 0 amide bonds. The smallest absolute Gasteiger partial charge is 0.132 e. The van der Waals surface area contributed by atoms with Crippen molar-refractivity contribution in [2.75, 3.05) is 0 Å². The fraction of sp³-hybridized carbons (Fsp3) is 0.889. The Morgan fingerprint density at radius 3 is 2.10 bits per heavy atom. The Morgan fingerprint density at radius 1 is 1.10 bits per heavy atom. The van der Waals surface area contributed by atoms with Gasteiger partial charge in [0, 0.05) is 12.8 Å². The lowest BCUT2D eigenvalue weighted by Gasteiger charge is -1.94. The van der Waals surface area contributed by atoms with E-state index >= 15 is 0 Å². The number of ketones is 1. The Hall–Kier alpha value is -0.330. The maximum atomic E-state index is 10.8. The van der Waals surface area contributed by atoms with E-state index < -0.39 is 0 Å². The fourth-order valence-electron chi connectivity index (χ4n) is 0.778. The zero-order chi connectivity index (χ0) is 7.11. The molecule has 0 atom stereocenters. The predicted octanol–water partition coefficient (Wildman–Crippen LogP) is 3.18. The molecular weight excluding hydrogens is 124 g/mol. The lowest BCUT2D eigenvalue weighted by Crippen LogP contribution is -1.95. The standard InChI is InChI=1S/C8H16O.CH4/c1-3-5-7-8(9)6-4-2;/h3-7H2,1-2H3;1H4. The molecule has 1 nitrogen and oxygen atoms in total. The molecule has 0 aromatic carbocycles. The highest BCUT2D eigenvalue weighted by molar-refractivity contribution is 5.78. The second kappa shape index (κ2) is 8.67. The van der Waals surface area contributed by atoms with E-state index in [9.17, 15) is 4.79 Å². The minimum Gasteiger partial charge on any atom is -0.300 e. The number of carbonyl (C=O) groups excluding carboxylic acids is 1. The quantitative estimate of drug-likeness (QED) is 0.579. The molecule has 0 N–H and O–H groups in total. The summed E-state index contributed by atoms with van der Waals surface area (Å²) in [6.45, 7) is 4.16. The van der Waals surface area contributed by atoms with Gasteiger partial charge in [0.05, 0.1) is 0 Å². The van der Waals surface area contributed by atoms with Gasteiger partial charge < -0.3 is 0 Å². The third-order valence-corrected chi connectivity index (χ3v) is 1.34. The Morgan fingerprint density at radius 2 is 1.70 bits per heavy atom. The summed E-state index contributed by atoms with van der Waals surface area (Å²) in [5.41, 5.74) is 0. The largest absolute Gasteiger partial charge is 0.300 e. The van der Waals surface area contributed by atoms with E-state index in [0.29, 0.717) is 5.78 Å². The fourth-order valence-corrected chi connectivity index (χ4v) is 0.778. The lowest BCUT2D eigenvalue weighted by molar-refractivity contribution is -0.119. The van der Waals surface area contributed by atoms with Crippen LogP contribution in [0.2, 0.25) is 0 Å². The SMILES string of the molecule is C.CCCCC(=O)CCC. The molecule has 10 heavy (non-hydrogen) atoms. The highest BCUT2D eigenvalue weighted by atomic mass is 16.1. The molecule has 0 saturated carbocycles. The van der Waals surface area contributed by atoms with Gasteiger partial charge in [-0.25, -0.2) is 0 Å². The van der Waals surface area contributed by atoms with Gasteiger partial charge in [-0.3, -0.25) is 4.79 Å². The first-order valence-corrected chi connectivity index (χ1v) is 3.83. The second-order valence-corrected chi connectivity index (χ2v) is 2.39.